The summed E-state index contributed by atoms with van der Waals surface area (Å²) in [5.41, 5.74) is 0.785. The number of hydrogen-bond donors (Lipinski definition) is 2. The molecular formula is C5H7N2O. The Morgan fingerprint density at radius 3 is 3.25 bits per heavy atom. The molecule has 43 valence electrons. The summed E-state index contributed by atoms with van der Waals surface area (Å²) < 4.78 is 0. The Morgan fingerprint density at radius 2 is 2.75 bits per heavy atom. The zero-order valence-electron chi connectivity index (χ0n) is 4.39. The molecule has 0 unspecified atom stereocenters. The van der Waals surface area contributed by atoms with Crippen molar-refractivity contribution in [3.63, 3.8) is 0 Å². The zero-order valence-corrected chi connectivity index (χ0v) is 4.39. The normalized spacial score (nSPS) is 9.62. The summed E-state index contributed by atoms with van der Waals surface area (Å²) in [6.07, 6.45) is 2.20. The second kappa shape index (κ2) is 2.47. The van der Waals surface area contributed by atoms with Gasteiger partial charge < -0.3 is 5.11 Å². The summed E-state index contributed by atoms with van der Waals surface area (Å²) in [4.78, 5) is 0. The Labute approximate surface area is 47.4 Å². The van der Waals surface area contributed by atoms with E-state index in [2.05, 4.69) is 16.3 Å². The first kappa shape index (κ1) is 5.31. The lowest BCUT2D eigenvalue weighted by atomic mass is 10.3. The first-order chi connectivity index (χ1) is 3.93. The number of hydrogen-bond acceptors (Lipinski definition) is 2. The number of aliphatic hydroxyl groups is 1. The van der Waals surface area contributed by atoms with Crippen LogP contribution < -0.4 is 0 Å². The predicted octanol–water partition coefficient (Wildman–Crippen LogP) is -0.255. The molecular weight excluding hydrogens is 104 g/mol. The molecule has 1 aromatic heterocycles. The third-order valence-corrected chi connectivity index (χ3v) is 0.851. The standard InChI is InChI=1S/C5H7N2O/c8-4-2-5-1-3-6-7-5/h3,8H,2,4H2,(H,6,7). The summed E-state index contributed by atoms with van der Waals surface area (Å²) in [6, 6.07) is 2.81. The lowest BCUT2D eigenvalue weighted by Gasteiger charge is -1.83. The van der Waals surface area contributed by atoms with E-state index >= 15 is 0 Å². The maximum atomic E-state index is 8.36. The fraction of sp³-hybridized carbons (Fsp3) is 0.400. The SMILES string of the molecule is OCCc1[c]c[nH]n1. The van der Waals surface area contributed by atoms with Crippen LogP contribution in [0, 0.1) is 6.07 Å². The van der Waals surface area contributed by atoms with Crippen LogP contribution in [0.3, 0.4) is 0 Å². The van der Waals surface area contributed by atoms with Crippen molar-refractivity contribution in [3.05, 3.63) is 18.0 Å². The summed E-state index contributed by atoms with van der Waals surface area (Å²) in [7, 11) is 0. The van der Waals surface area contributed by atoms with Gasteiger partial charge in [-0.2, -0.15) is 5.10 Å². The molecule has 0 spiro atoms. The van der Waals surface area contributed by atoms with Gasteiger partial charge >= 0.3 is 0 Å². The second-order valence-electron chi connectivity index (χ2n) is 1.45. The summed E-state index contributed by atoms with van der Waals surface area (Å²) in [5.74, 6) is 0. The molecule has 0 amide bonds. The van der Waals surface area contributed by atoms with E-state index in [1.807, 2.05) is 0 Å². The molecule has 3 nitrogen and oxygen atoms in total. The average Bonchev–Trinajstić information content (AvgIpc) is 2.19. The van der Waals surface area contributed by atoms with Crippen molar-refractivity contribution in [2.24, 2.45) is 0 Å². The molecule has 3 heteroatoms. The van der Waals surface area contributed by atoms with E-state index in [0.29, 0.717) is 6.42 Å². The second-order valence-corrected chi connectivity index (χ2v) is 1.45. The first-order valence-electron chi connectivity index (χ1n) is 2.44. The maximum Gasteiger partial charge on any atom is 0.0724 e. The van der Waals surface area contributed by atoms with Crippen LogP contribution in [-0.4, -0.2) is 21.9 Å². The van der Waals surface area contributed by atoms with Crippen LogP contribution in [0.4, 0.5) is 0 Å². The molecule has 0 atom stereocenters. The van der Waals surface area contributed by atoms with Gasteiger partial charge in [0, 0.05) is 25.3 Å². The molecule has 0 aliphatic rings. The van der Waals surface area contributed by atoms with Crippen LogP contribution in [0.5, 0.6) is 0 Å². The minimum atomic E-state index is 0.140. The lowest BCUT2D eigenvalue weighted by Crippen LogP contribution is -1.89. The third-order valence-electron chi connectivity index (χ3n) is 0.851. The highest BCUT2D eigenvalue weighted by molar-refractivity contribution is 4.94. The van der Waals surface area contributed by atoms with Gasteiger partial charge in [0.25, 0.3) is 0 Å². The van der Waals surface area contributed by atoms with Gasteiger partial charge in [-0.15, -0.1) is 0 Å². The van der Waals surface area contributed by atoms with Crippen LogP contribution in [0.2, 0.25) is 0 Å². The zero-order chi connectivity index (χ0) is 5.82. The van der Waals surface area contributed by atoms with Crippen molar-refractivity contribution in [2.75, 3.05) is 6.61 Å². The molecule has 1 rings (SSSR count). The fourth-order valence-corrected chi connectivity index (χ4v) is 0.492. The third kappa shape index (κ3) is 1.07. The van der Waals surface area contributed by atoms with Crippen molar-refractivity contribution in [3.8, 4) is 0 Å². The monoisotopic (exact) mass is 111 g/mol. The molecule has 2 N–H and O–H groups in total. The Bertz CT molecular complexity index is 136. The van der Waals surface area contributed by atoms with E-state index < -0.39 is 0 Å². The van der Waals surface area contributed by atoms with Crippen molar-refractivity contribution in [1.29, 1.82) is 0 Å². The molecule has 0 fully saturated rings. The maximum absolute atomic E-state index is 8.36. The number of nitrogens with zero attached hydrogens (tertiary/aromatic N) is 1. The van der Waals surface area contributed by atoms with Gasteiger partial charge in [0.2, 0.25) is 0 Å². The van der Waals surface area contributed by atoms with E-state index in [-0.39, 0.29) is 6.61 Å². The Kier molecular flexibility index (Phi) is 1.64. The van der Waals surface area contributed by atoms with Crippen molar-refractivity contribution < 1.29 is 5.11 Å². The van der Waals surface area contributed by atoms with Gasteiger partial charge in [0.05, 0.1) is 5.69 Å². The van der Waals surface area contributed by atoms with Crippen LogP contribution in [0.15, 0.2) is 6.20 Å². The van der Waals surface area contributed by atoms with Gasteiger partial charge in [-0.1, -0.05) is 0 Å². The van der Waals surface area contributed by atoms with Gasteiger partial charge in [0.1, 0.15) is 0 Å². The molecule has 0 saturated carbocycles. The Balaban J connectivity index is 2.50. The van der Waals surface area contributed by atoms with E-state index in [1.165, 1.54) is 0 Å². The largest absolute Gasteiger partial charge is 0.396 e. The number of H-pyrrole nitrogens is 1. The summed E-state index contributed by atoms with van der Waals surface area (Å²) >= 11 is 0. The summed E-state index contributed by atoms with van der Waals surface area (Å²) in [5, 5.41) is 14.7. The van der Waals surface area contributed by atoms with Crippen LogP contribution >= 0.6 is 0 Å². The molecule has 0 bridgehead atoms. The highest BCUT2D eigenvalue weighted by atomic mass is 16.3. The minimum absolute atomic E-state index is 0.140. The molecule has 0 aliphatic carbocycles. The molecule has 8 heavy (non-hydrogen) atoms. The predicted molar refractivity (Wildman–Crippen MR) is 28.2 cm³/mol. The van der Waals surface area contributed by atoms with Gasteiger partial charge in [-0.3, -0.25) is 5.10 Å². The molecule has 0 saturated heterocycles. The number of aromatic nitrogens is 2. The van der Waals surface area contributed by atoms with Crippen LogP contribution in [-0.2, 0) is 6.42 Å². The van der Waals surface area contributed by atoms with E-state index in [0.717, 1.165) is 5.69 Å². The highest BCUT2D eigenvalue weighted by Gasteiger charge is 1.89. The smallest absolute Gasteiger partial charge is 0.0724 e. The number of nitrogens with one attached hydrogen (secondary N) is 1. The van der Waals surface area contributed by atoms with Gasteiger partial charge in [0.15, 0.2) is 0 Å². The minimum Gasteiger partial charge on any atom is -0.396 e. The quantitative estimate of drug-likeness (QED) is 0.552. The van der Waals surface area contributed by atoms with Crippen LogP contribution in [0.1, 0.15) is 5.69 Å². The van der Waals surface area contributed by atoms with E-state index in [9.17, 15) is 0 Å². The molecule has 1 aromatic rings. The Hall–Kier alpha value is -0.830. The molecule has 0 aliphatic heterocycles. The van der Waals surface area contributed by atoms with Gasteiger partial charge in [-0.05, 0) is 0 Å². The first-order valence-corrected chi connectivity index (χ1v) is 2.44. The van der Waals surface area contributed by atoms with Gasteiger partial charge in [-0.25, -0.2) is 0 Å². The van der Waals surface area contributed by atoms with Crippen LogP contribution in [0.25, 0.3) is 0 Å². The van der Waals surface area contributed by atoms with E-state index in [1.54, 1.807) is 6.20 Å². The highest BCUT2D eigenvalue weighted by Crippen LogP contribution is 1.88. The Morgan fingerprint density at radius 1 is 1.88 bits per heavy atom. The van der Waals surface area contributed by atoms with Crippen molar-refractivity contribution in [2.45, 2.75) is 6.42 Å². The number of aromatic amines is 1. The number of aliphatic hydroxyl groups excluding tert-OH is 1. The number of rotatable bonds is 2. The lowest BCUT2D eigenvalue weighted by molar-refractivity contribution is 0.298. The molecule has 1 radical (unpaired) electrons. The average molecular weight is 111 g/mol. The van der Waals surface area contributed by atoms with Crippen molar-refractivity contribution >= 4 is 0 Å². The summed E-state index contributed by atoms with van der Waals surface area (Å²) in [6.45, 7) is 0.140. The molecule has 1 heterocycles. The van der Waals surface area contributed by atoms with Crippen molar-refractivity contribution in [1.82, 2.24) is 10.2 Å². The molecule has 0 aromatic carbocycles. The van der Waals surface area contributed by atoms with E-state index in [4.69, 9.17) is 5.11 Å². The fourth-order valence-electron chi connectivity index (χ4n) is 0.492. The topological polar surface area (TPSA) is 48.9 Å².